The Labute approximate surface area is 126 Å². The highest BCUT2D eigenvalue weighted by atomic mass is 15.1. The highest BCUT2D eigenvalue weighted by Gasteiger charge is 2.10. The van der Waals surface area contributed by atoms with Crippen LogP contribution in [0.4, 0.5) is 11.6 Å². The smallest absolute Gasteiger partial charge is 0.135 e. The zero-order chi connectivity index (χ0) is 15.1. The molecule has 0 atom stereocenters. The molecule has 0 aliphatic rings. The number of hydrogen-bond acceptors (Lipinski definition) is 5. The van der Waals surface area contributed by atoms with Gasteiger partial charge in [0.2, 0.25) is 0 Å². The van der Waals surface area contributed by atoms with Crippen LogP contribution in [-0.2, 0) is 13.0 Å². The Kier molecular flexibility index (Phi) is 5.49. The summed E-state index contributed by atoms with van der Waals surface area (Å²) in [4.78, 5) is 13.1. The van der Waals surface area contributed by atoms with Gasteiger partial charge in [0, 0.05) is 18.3 Å². The third-order valence-electron chi connectivity index (χ3n) is 3.33. The van der Waals surface area contributed by atoms with Gasteiger partial charge in [-0.1, -0.05) is 19.4 Å². The van der Waals surface area contributed by atoms with Crippen LogP contribution in [0.5, 0.6) is 0 Å². The Hall–Kier alpha value is -2.17. The average molecular weight is 285 g/mol. The van der Waals surface area contributed by atoms with Crippen LogP contribution in [0.3, 0.4) is 0 Å². The van der Waals surface area contributed by atoms with E-state index in [4.69, 9.17) is 0 Å². The van der Waals surface area contributed by atoms with E-state index < -0.39 is 0 Å². The number of nitrogens with one attached hydrogen (secondary N) is 2. The third kappa shape index (κ3) is 3.90. The van der Waals surface area contributed by atoms with Crippen molar-refractivity contribution in [1.82, 2.24) is 15.0 Å². The predicted octanol–water partition coefficient (Wildman–Crippen LogP) is 3.18. The molecule has 112 valence electrons. The fourth-order valence-electron chi connectivity index (χ4n) is 2.24. The lowest BCUT2D eigenvalue weighted by atomic mass is 10.1. The van der Waals surface area contributed by atoms with Gasteiger partial charge in [0.25, 0.3) is 0 Å². The highest BCUT2D eigenvalue weighted by Crippen LogP contribution is 2.22. The summed E-state index contributed by atoms with van der Waals surface area (Å²) >= 11 is 0. The second-order valence-electron chi connectivity index (χ2n) is 4.95. The van der Waals surface area contributed by atoms with Crippen molar-refractivity contribution in [3.8, 4) is 0 Å². The minimum Gasteiger partial charge on any atom is -0.370 e. The van der Waals surface area contributed by atoms with Gasteiger partial charge in [-0.15, -0.1) is 0 Å². The molecule has 0 fully saturated rings. The zero-order valence-electron chi connectivity index (χ0n) is 13.0. The second kappa shape index (κ2) is 7.57. The number of anilines is 2. The maximum atomic E-state index is 4.41. The third-order valence-corrected chi connectivity index (χ3v) is 3.33. The maximum Gasteiger partial charge on any atom is 0.135 e. The molecule has 0 spiro atoms. The maximum absolute atomic E-state index is 4.41. The van der Waals surface area contributed by atoms with Crippen LogP contribution in [0.15, 0.2) is 24.7 Å². The lowest BCUT2D eigenvalue weighted by molar-refractivity contribution is 0.891. The molecular weight excluding hydrogens is 262 g/mol. The molecule has 0 unspecified atom stereocenters. The van der Waals surface area contributed by atoms with Crippen LogP contribution in [0.1, 0.15) is 37.1 Å². The van der Waals surface area contributed by atoms with Gasteiger partial charge in [0.05, 0.1) is 12.2 Å². The number of aryl methyl sites for hydroxylation is 1. The van der Waals surface area contributed by atoms with Gasteiger partial charge in [-0.3, -0.25) is 4.98 Å². The molecule has 2 heterocycles. The predicted molar refractivity (Wildman–Crippen MR) is 86.5 cm³/mol. The Bertz CT molecular complexity index is 583. The van der Waals surface area contributed by atoms with Gasteiger partial charge in [-0.05, 0) is 31.9 Å². The van der Waals surface area contributed by atoms with Crippen molar-refractivity contribution in [2.75, 3.05) is 17.2 Å². The Morgan fingerprint density at radius 1 is 1.05 bits per heavy atom. The van der Waals surface area contributed by atoms with Crippen LogP contribution in [0.2, 0.25) is 0 Å². The van der Waals surface area contributed by atoms with E-state index in [1.807, 2.05) is 12.3 Å². The lowest BCUT2D eigenvalue weighted by Gasteiger charge is -2.14. The van der Waals surface area contributed by atoms with E-state index in [1.165, 1.54) is 5.56 Å². The van der Waals surface area contributed by atoms with E-state index in [-0.39, 0.29) is 0 Å². The minimum atomic E-state index is 0.673. The van der Waals surface area contributed by atoms with E-state index >= 15 is 0 Å². The lowest BCUT2D eigenvalue weighted by Crippen LogP contribution is -2.11. The molecule has 21 heavy (non-hydrogen) atoms. The average Bonchev–Trinajstić information content (AvgIpc) is 2.49. The summed E-state index contributed by atoms with van der Waals surface area (Å²) in [5.74, 6) is 1.82. The Morgan fingerprint density at radius 3 is 2.48 bits per heavy atom. The van der Waals surface area contributed by atoms with Crippen LogP contribution in [-0.4, -0.2) is 21.5 Å². The van der Waals surface area contributed by atoms with Crippen molar-refractivity contribution in [2.24, 2.45) is 0 Å². The molecular formula is C16H23N5. The van der Waals surface area contributed by atoms with Gasteiger partial charge in [0.15, 0.2) is 0 Å². The highest BCUT2D eigenvalue weighted by molar-refractivity contribution is 5.57. The quantitative estimate of drug-likeness (QED) is 0.818. The number of pyridine rings is 1. The molecule has 0 saturated carbocycles. The molecule has 2 aromatic heterocycles. The van der Waals surface area contributed by atoms with Crippen molar-refractivity contribution in [3.63, 3.8) is 0 Å². The Balaban J connectivity index is 2.19. The number of rotatable bonds is 7. The summed E-state index contributed by atoms with van der Waals surface area (Å²) in [6.07, 6.45) is 5.43. The van der Waals surface area contributed by atoms with Gasteiger partial charge in [-0.25, -0.2) is 9.97 Å². The van der Waals surface area contributed by atoms with Gasteiger partial charge in [0.1, 0.15) is 18.0 Å². The van der Waals surface area contributed by atoms with Crippen LogP contribution in [0, 0.1) is 6.92 Å². The van der Waals surface area contributed by atoms with Crippen LogP contribution >= 0.6 is 0 Å². The first-order valence-electron chi connectivity index (χ1n) is 7.48. The van der Waals surface area contributed by atoms with Crippen molar-refractivity contribution < 1.29 is 0 Å². The summed E-state index contributed by atoms with van der Waals surface area (Å²) in [5, 5.41) is 6.70. The molecule has 0 aromatic carbocycles. The number of aromatic nitrogens is 3. The summed E-state index contributed by atoms with van der Waals surface area (Å²) < 4.78 is 0. The topological polar surface area (TPSA) is 62.7 Å². The molecule has 2 rings (SSSR count). The van der Waals surface area contributed by atoms with Gasteiger partial charge in [-0.2, -0.15) is 0 Å². The molecule has 2 aromatic rings. The molecule has 0 aliphatic heterocycles. The van der Waals surface area contributed by atoms with E-state index in [0.717, 1.165) is 42.3 Å². The molecule has 5 nitrogen and oxygen atoms in total. The zero-order valence-corrected chi connectivity index (χ0v) is 13.0. The molecule has 0 bridgehead atoms. The summed E-state index contributed by atoms with van der Waals surface area (Å²) in [6.45, 7) is 7.83. The molecule has 5 heteroatoms. The van der Waals surface area contributed by atoms with E-state index in [9.17, 15) is 0 Å². The fourth-order valence-corrected chi connectivity index (χ4v) is 2.24. The Morgan fingerprint density at radius 2 is 1.81 bits per heavy atom. The molecule has 0 saturated heterocycles. The van der Waals surface area contributed by atoms with E-state index in [2.05, 4.69) is 52.4 Å². The van der Waals surface area contributed by atoms with E-state index in [0.29, 0.717) is 6.54 Å². The van der Waals surface area contributed by atoms with Crippen molar-refractivity contribution in [2.45, 2.75) is 40.2 Å². The van der Waals surface area contributed by atoms with Gasteiger partial charge < -0.3 is 10.6 Å². The fraction of sp³-hybridized carbons (Fsp3) is 0.438. The number of nitrogens with zero attached hydrogens (tertiary/aromatic N) is 3. The standard InChI is InChI=1S/C16H23N5/c1-4-7-13-15(17-5-2)20-11-21-16(13)19-10-14-12(3)8-6-9-18-14/h6,8-9,11H,4-5,7,10H2,1-3H3,(H2,17,19,20,21). The largest absolute Gasteiger partial charge is 0.370 e. The van der Waals surface area contributed by atoms with Crippen molar-refractivity contribution in [1.29, 1.82) is 0 Å². The molecule has 0 aliphatic carbocycles. The minimum absolute atomic E-state index is 0.673. The molecule has 0 radical (unpaired) electrons. The first-order chi connectivity index (χ1) is 10.3. The normalized spacial score (nSPS) is 10.4. The SMILES string of the molecule is CCCc1c(NCC)ncnc1NCc1ncccc1C. The molecule has 0 amide bonds. The van der Waals surface area contributed by atoms with E-state index in [1.54, 1.807) is 6.33 Å². The van der Waals surface area contributed by atoms with Crippen LogP contribution < -0.4 is 10.6 Å². The summed E-state index contributed by atoms with van der Waals surface area (Å²) in [7, 11) is 0. The summed E-state index contributed by atoms with van der Waals surface area (Å²) in [5.41, 5.74) is 3.38. The number of hydrogen-bond donors (Lipinski definition) is 2. The first kappa shape index (κ1) is 15.2. The summed E-state index contributed by atoms with van der Waals surface area (Å²) in [6, 6.07) is 4.02. The molecule has 2 N–H and O–H groups in total. The van der Waals surface area contributed by atoms with Gasteiger partial charge >= 0.3 is 0 Å². The van der Waals surface area contributed by atoms with Crippen LogP contribution in [0.25, 0.3) is 0 Å². The first-order valence-corrected chi connectivity index (χ1v) is 7.48. The van der Waals surface area contributed by atoms with Crippen molar-refractivity contribution in [3.05, 3.63) is 41.5 Å². The van der Waals surface area contributed by atoms with Crippen molar-refractivity contribution >= 4 is 11.6 Å². The second-order valence-corrected chi connectivity index (χ2v) is 4.95. The monoisotopic (exact) mass is 285 g/mol.